The van der Waals surface area contributed by atoms with Gasteiger partial charge in [0.15, 0.2) is 0 Å². The van der Waals surface area contributed by atoms with Gasteiger partial charge in [-0.15, -0.1) is 0 Å². The first-order valence-electron chi connectivity index (χ1n) is 4.62. The van der Waals surface area contributed by atoms with Crippen LogP contribution in [0.1, 0.15) is 5.56 Å². The highest BCUT2D eigenvalue weighted by molar-refractivity contribution is 6.30. The highest BCUT2D eigenvalue weighted by Crippen LogP contribution is 2.23. The molecule has 0 fully saturated rings. The molecule has 6 heteroatoms. The third kappa shape index (κ3) is 3.01. The molecule has 0 aliphatic carbocycles. The number of amides is 2. The van der Waals surface area contributed by atoms with E-state index in [1.807, 2.05) is 0 Å². The van der Waals surface area contributed by atoms with E-state index in [1.54, 1.807) is 32.4 Å². The molecule has 0 aliphatic heterocycles. The van der Waals surface area contributed by atoms with Crippen molar-refractivity contribution in [2.24, 2.45) is 5.84 Å². The lowest BCUT2D eigenvalue weighted by atomic mass is 10.2. The summed E-state index contributed by atoms with van der Waals surface area (Å²) in [6.45, 7) is 0.368. The molecule has 16 heavy (non-hydrogen) atoms. The van der Waals surface area contributed by atoms with Gasteiger partial charge in [0.2, 0.25) is 0 Å². The van der Waals surface area contributed by atoms with Crippen molar-refractivity contribution >= 4 is 17.6 Å². The summed E-state index contributed by atoms with van der Waals surface area (Å²) in [5.74, 6) is 5.71. The predicted octanol–water partition coefficient (Wildman–Crippen LogP) is 1.36. The fourth-order valence-electron chi connectivity index (χ4n) is 1.31. The van der Waals surface area contributed by atoms with Crippen LogP contribution >= 0.6 is 11.6 Å². The molecule has 0 aliphatic rings. The number of urea groups is 1. The van der Waals surface area contributed by atoms with Crippen LogP contribution in [-0.2, 0) is 6.54 Å². The Morgan fingerprint density at radius 2 is 2.31 bits per heavy atom. The molecule has 3 N–H and O–H groups in total. The Labute approximate surface area is 99.1 Å². The first-order valence-corrected chi connectivity index (χ1v) is 5.00. The smallest absolute Gasteiger partial charge is 0.331 e. The van der Waals surface area contributed by atoms with Gasteiger partial charge in [0.05, 0.1) is 13.7 Å². The van der Waals surface area contributed by atoms with Gasteiger partial charge >= 0.3 is 6.03 Å². The predicted molar refractivity (Wildman–Crippen MR) is 62.2 cm³/mol. The fourth-order valence-corrected chi connectivity index (χ4v) is 1.50. The van der Waals surface area contributed by atoms with Crippen LogP contribution in [0.2, 0.25) is 5.02 Å². The highest BCUT2D eigenvalue weighted by atomic mass is 35.5. The van der Waals surface area contributed by atoms with Crippen molar-refractivity contribution in [2.75, 3.05) is 14.2 Å². The van der Waals surface area contributed by atoms with E-state index in [0.717, 1.165) is 5.56 Å². The zero-order valence-electron chi connectivity index (χ0n) is 9.16. The lowest BCUT2D eigenvalue weighted by Crippen LogP contribution is -2.40. The Morgan fingerprint density at radius 1 is 1.62 bits per heavy atom. The van der Waals surface area contributed by atoms with Crippen LogP contribution < -0.4 is 16.0 Å². The number of rotatable bonds is 3. The molecule has 0 saturated carbocycles. The maximum absolute atomic E-state index is 11.2. The van der Waals surface area contributed by atoms with E-state index in [9.17, 15) is 4.79 Å². The number of carbonyl (C=O) groups excluding carboxylic acids is 1. The second-order valence-corrected chi connectivity index (χ2v) is 3.70. The lowest BCUT2D eigenvalue weighted by molar-refractivity contribution is 0.206. The average molecular weight is 244 g/mol. The van der Waals surface area contributed by atoms with E-state index in [1.165, 1.54) is 4.90 Å². The average Bonchev–Trinajstić information content (AvgIpc) is 2.28. The Balaban J connectivity index is 2.86. The van der Waals surface area contributed by atoms with Gasteiger partial charge in [0, 0.05) is 17.6 Å². The normalized spacial score (nSPS) is 9.75. The van der Waals surface area contributed by atoms with Crippen LogP contribution in [0.4, 0.5) is 4.79 Å². The van der Waals surface area contributed by atoms with Crippen LogP contribution in [0.25, 0.3) is 0 Å². The number of benzene rings is 1. The molecule has 2 amide bonds. The zero-order valence-corrected chi connectivity index (χ0v) is 9.91. The summed E-state index contributed by atoms with van der Waals surface area (Å²) in [6, 6.07) is 4.86. The lowest BCUT2D eigenvalue weighted by Gasteiger charge is -2.18. The minimum Gasteiger partial charge on any atom is -0.496 e. The SMILES string of the molecule is COc1ccc(Cl)cc1CN(C)C(=O)NN. The number of hydrazine groups is 1. The molecule has 0 aromatic heterocycles. The number of hydrogen-bond acceptors (Lipinski definition) is 3. The van der Waals surface area contributed by atoms with Crippen molar-refractivity contribution in [3.05, 3.63) is 28.8 Å². The standard InChI is InChI=1S/C10H14ClN3O2/c1-14(10(15)13-12)6-7-5-8(11)3-4-9(7)16-2/h3-5H,6,12H2,1-2H3,(H,13,15). The van der Waals surface area contributed by atoms with Crippen molar-refractivity contribution in [3.8, 4) is 5.75 Å². The molecular formula is C10H14ClN3O2. The van der Waals surface area contributed by atoms with Crippen molar-refractivity contribution in [3.63, 3.8) is 0 Å². The zero-order chi connectivity index (χ0) is 12.1. The third-order valence-corrected chi connectivity index (χ3v) is 2.36. The summed E-state index contributed by atoms with van der Waals surface area (Å²) in [6.07, 6.45) is 0. The van der Waals surface area contributed by atoms with Gasteiger partial charge in [0.1, 0.15) is 5.75 Å². The molecule has 0 radical (unpaired) electrons. The third-order valence-electron chi connectivity index (χ3n) is 2.12. The van der Waals surface area contributed by atoms with Gasteiger partial charge in [-0.1, -0.05) is 11.6 Å². The summed E-state index contributed by atoms with van der Waals surface area (Å²) in [4.78, 5) is 12.6. The summed E-state index contributed by atoms with van der Waals surface area (Å²) < 4.78 is 5.17. The second kappa shape index (κ2) is 5.58. The molecule has 0 saturated heterocycles. The van der Waals surface area contributed by atoms with Gasteiger partial charge in [-0.2, -0.15) is 0 Å². The number of nitrogens with one attached hydrogen (secondary N) is 1. The van der Waals surface area contributed by atoms with E-state index < -0.39 is 0 Å². The molecule has 0 spiro atoms. The van der Waals surface area contributed by atoms with Gasteiger partial charge in [-0.3, -0.25) is 5.43 Å². The Bertz CT molecular complexity index is 384. The van der Waals surface area contributed by atoms with E-state index in [-0.39, 0.29) is 6.03 Å². The molecule has 1 rings (SSSR count). The summed E-state index contributed by atoms with van der Waals surface area (Å²) >= 11 is 5.87. The number of nitrogens with two attached hydrogens (primary N) is 1. The summed E-state index contributed by atoms with van der Waals surface area (Å²) in [7, 11) is 3.19. The number of ether oxygens (including phenoxy) is 1. The molecule has 5 nitrogen and oxygen atoms in total. The van der Waals surface area contributed by atoms with Crippen molar-refractivity contribution < 1.29 is 9.53 Å². The number of nitrogens with zero attached hydrogens (tertiary/aromatic N) is 1. The molecular weight excluding hydrogens is 230 g/mol. The van der Waals surface area contributed by atoms with Gasteiger partial charge in [-0.25, -0.2) is 10.6 Å². The molecule has 1 aromatic rings. The van der Waals surface area contributed by atoms with E-state index in [2.05, 4.69) is 5.43 Å². The van der Waals surface area contributed by atoms with Crippen molar-refractivity contribution in [1.29, 1.82) is 0 Å². The second-order valence-electron chi connectivity index (χ2n) is 3.26. The van der Waals surface area contributed by atoms with Crippen molar-refractivity contribution in [1.82, 2.24) is 10.3 Å². The Hall–Kier alpha value is -1.46. The van der Waals surface area contributed by atoms with E-state index >= 15 is 0 Å². The minimum absolute atomic E-state index is 0.368. The first-order chi connectivity index (χ1) is 7.58. The molecule has 1 aromatic carbocycles. The Kier molecular flexibility index (Phi) is 4.39. The number of halogens is 1. The molecule has 0 unspecified atom stereocenters. The van der Waals surface area contributed by atoms with E-state index in [0.29, 0.717) is 17.3 Å². The maximum Gasteiger partial charge on any atom is 0.331 e. The van der Waals surface area contributed by atoms with Gasteiger partial charge in [-0.05, 0) is 18.2 Å². The van der Waals surface area contributed by atoms with Crippen LogP contribution in [0, 0.1) is 0 Å². The van der Waals surface area contributed by atoms with Crippen LogP contribution in [0.3, 0.4) is 0 Å². The molecule has 0 bridgehead atoms. The topological polar surface area (TPSA) is 67.6 Å². The Morgan fingerprint density at radius 3 is 2.88 bits per heavy atom. The van der Waals surface area contributed by atoms with Gasteiger partial charge in [0.25, 0.3) is 0 Å². The largest absolute Gasteiger partial charge is 0.496 e. The highest BCUT2D eigenvalue weighted by Gasteiger charge is 2.10. The quantitative estimate of drug-likeness (QED) is 0.479. The molecule has 0 atom stereocenters. The fraction of sp³-hybridized carbons (Fsp3) is 0.300. The van der Waals surface area contributed by atoms with Gasteiger partial charge < -0.3 is 9.64 Å². The maximum atomic E-state index is 11.2. The van der Waals surface area contributed by atoms with Crippen molar-refractivity contribution in [2.45, 2.75) is 6.54 Å². The van der Waals surface area contributed by atoms with Crippen LogP contribution in [0.15, 0.2) is 18.2 Å². The minimum atomic E-state index is -0.373. The van der Waals surface area contributed by atoms with Crippen LogP contribution in [-0.4, -0.2) is 25.1 Å². The molecule has 88 valence electrons. The number of hydrogen-bond donors (Lipinski definition) is 2. The monoisotopic (exact) mass is 243 g/mol. The summed E-state index contributed by atoms with van der Waals surface area (Å²) in [5.41, 5.74) is 2.87. The van der Waals surface area contributed by atoms with E-state index in [4.69, 9.17) is 22.2 Å². The molecule has 0 heterocycles. The number of methoxy groups -OCH3 is 1. The van der Waals surface area contributed by atoms with Crippen LogP contribution in [0.5, 0.6) is 5.75 Å². The summed E-state index contributed by atoms with van der Waals surface area (Å²) in [5, 5.41) is 0.595. The number of carbonyl (C=O) groups is 1. The first kappa shape index (κ1) is 12.6.